The van der Waals surface area contributed by atoms with E-state index in [1.54, 1.807) is 149 Å². The van der Waals surface area contributed by atoms with Crippen molar-refractivity contribution in [3.05, 3.63) is 113 Å². The third-order valence-electron chi connectivity index (χ3n) is 20.2. The number of ether oxygens (including phenoxy) is 8. The highest BCUT2D eigenvalue weighted by molar-refractivity contribution is 5.91. The molecule has 7 amide bonds. The van der Waals surface area contributed by atoms with Crippen LogP contribution in [0.1, 0.15) is 224 Å². The van der Waals surface area contributed by atoms with Gasteiger partial charge in [0.1, 0.15) is 76.7 Å². The first-order valence-corrected chi connectivity index (χ1v) is 44.5. The van der Waals surface area contributed by atoms with Crippen molar-refractivity contribution in [1.82, 2.24) is 56.8 Å². The number of rotatable bonds is 39. The summed E-state index contributed by atoms with van der Waals surface area (Å²) in [5.74, 6) is -5.02. The van der Waals surface area contributed by atoms with E-state index in [0.717, 1.165) is 27.5 Å². The zero-order chi connectivity index (χ0) is 93.2. The monoisotopic (exact) mass is 1760 g/mol. The highest BCUT2D eigenvalue weighted by Crippen LogP contribution is 2.30. The van der Waals surface area contributed by atoms with Crippen LogP contribution in [0.2, 0.25) is 0 Å². The van der Waals surface area contributed by atoms with Crippen molar-refractivity contribution in [2.24, 2.45) is 11.8 Å². The molecule has 0 radical (unpaired) electrons. The minimum Gasteiger partial charge on any atom is -0.489 e. The quantitative estimate of drug-likeness (QED) is 0.0124. The average molecular weight is 1760 g/mol. The van der Waals surface area contributed by atoms with Crippen molar-refractivity contribution in [2.45, 2.75) is 286 Å². The molecule has 1 saturated carbocycles. The van der Waals surface area contributed by atoms with Crippen LogP contribution < -0.4 is 42.0 Å². The molecule has 31 nitrogen and oxygen atoms in total. The standard InChI is InChI=1S/C95H145N11O20/c1-65-30-32-67(33-31-65)63-119-73-42-37-68(38-43-73)64-120-86(115)75(101-88(117)102-76(87(116)125-94(14,15)16)44-45-79(108)121-90(2,3)4)29-23-24-46-96-85(114)77(57-69-36-39-70-26-20-21-27-72(70)56-69)100-83(112)71-40-34-66(35-41-71)58-98-84(113)74(28-22-25-47-97-89(118)126-95(17,18)19)99-78(107)59-103-48-50-104(60-80(109)122-91(5,6)7)52-54-106(62-82(111)124-93(11,12)13)55-53-105(51-49-103)61-81(110)123-92(8,9)10/h20-21,26-27,30-33,36-39,42-43,56,66,71,74-77H,22-25,28-29,34-35,40-41,44-55,57-64H2,1-19H3,(H,96,114)(H,97,118)(H,98,113)(H,99,107)(H,100,112)(H2,101,102,117). The second-order valence-corrected chi connectivity index (χ2v) is 39.0. The van der Waals surface area contributed by atoms with Gasteiger partial charge in [0.2, 0.25) is 23.6 Å². The van der Waals surface area contributed by atoms with Crippen LogP contribution >= 0.6 is 0 Å². The van der Waals surface area contributed by atoms with E-state index in [9.17, 15) is 57.5 Å². The summed E-state index contributed by atoms with van der Waals surface area (Å²) in [6.45, 7) is 36.5. The fraction of sp³-hybridized carbons (Fsp3) is 0.642. The second kappa shape index (κ2) is 50.0. The molecule has 1 aliphatic carbocycles. The molecular weight excluding hydrogens is 1620 g/mol. The predicted molar refractivity (Wildman–Crippen MR) is 480 cm³/mol. The summed E-state index contributed by atoms with van der Waals surface area (Å²) in [7, 11) is 0. The first-order chi connectivity index (χ1) is 58.9. The van der Waals surface area contributed by atoms with Crippen molar-refractivity contribution >= 4 is 82.3 Å². The largest absolute Gasteiger partial charge is 0.489 e. The Morgan fingerprint density at radius 3 is 1.34 bits per heavy atom. The smallest absolute Gasteiger partial charge is 0.407 e. The number of nitrogens with one attached hydrogen (secondary N) is 7. The van der Waals surface area contributed by atoms with Gasteiger partial charge in [0, 0.05) is 90.8 Å². The molecule has 0 bridgehead atoms. The number of fused-ring (bicyclic) bond motifs is 1. The molecule has 4 aromatic rings. The van der Waals surface area contributed by atoms with E-state index in [4.69, 9.17) is 37.9 Å². The van der Waals surface area contributed by atoms with Crippen LogP contribution in [0.25, 0.3) is 10.8 Å². The Balaban J connectivity index is 1.13. The van der Waals surface area contributed by atoms with Crippen LogP contribution in [-0.4, -0.2) is 247 Å². The number of amides is 7. The summed E-state index contributed by atoms with van der Waals surface area (Å²) in [6, 6.07) is 23.3. The van der Waals surface area contributed by atoms with Crippen LogP contribution in [0.5, 0.6) is 5.75 Å². The molecule has 1 saturated heterocycles. The van der Waals surface area contributed by atoms with Gasteiger partial charge in [-0.2, -0.15) is 0 Å². The maximum atomic E-state index is 14.6. The van der Waals surface area contributed by atoms with E-state index in [1.165, 1.54) is 0 Å². The third-order valence-corrected chi connectivity index (χ3v) is 20.2. The number of alkyl carbamates (subject to hydrolysis) is 1. The van der Waals surface area contributed by atoms with Gasteiger partial charge in [-0.3, -0.25) is 58.0 Å². The van der Waals surface area contributed by atoms with E-state index in [0.29, 0.717) is 102 Å². The summed E-state index contributed by atoms with van der Waals surface area (Å²) in [4.78, 5) is 173. The molecule has 0 spiro atoms. The lowest BCUT2D eigenvalue weighted by Crippen LogP contribution is -2.53. The fourth-order valence-electron chi connectivity index (χ4n) is 14.1. The number of hydrogen-bond acceptors (Lipinski definition) is 24. The Bertz CT molecular complexity index is 4140. The van der Waals surface area contributed by atoms with Gasteiger partial charge in [-0.1, -0.05) is 84.4 Å². The fourth-order valence-corrected chi connectivity index (χ4v) is 14.1. The van der Waals surface area contributed by atoms with Crippen LogP contribution in [0.4, 0.5) is 9.59 Å². The number of hydrogen-bond donors (Lipinski definition) is 7. The molecule has 0 aromatic heterocycles. The van der Waals surface area contributed by atoms with Crippen molar-refractivity contribution in [3.63, 3.8) is 0 Å². The summed E-state index contributed by atoms with van der Waals surface area (Å²) < 4.78 is 45.6. The molecule has 2 aliphatic rings. The van der Waals surface area contributed by atoms with Gasteiger partial charge in [0.15, 0.2) is 0 Å². The van der Waals surface area contributed by atoms with E-state index in [-0.39, 0.29) is 116 Å². The number of benzene rings is 4. The molecule has 2 fully saturated rings. The van der Waals surface area contributed by atoms with Crippen LogP contribution in [0.3, 0.4) is 0 Å². The molecule has 4 unspecified atom stereocenters. The van der Waals surface area contributed by atoms with Gasteiger partial charge in [0.25, 0.3) is 0 Å². The summed E-state index contributed by atoms with van der Waals surface area (Å²) in [5.41, 5.74) is -1.15. The second-order valence-electron chi connectivity index (χ2n) is 39.0. The maximum absolute atomic E-state index is 14.6. The number of nitrogens with zero attached hydrogens (tertiary/aromatic N) is 4. The molecular formula is C95H145N11O20. The average Bonchev–Trinajstić information content (AvgIpc) is 0.828. The molecule has 126 heavy (non-hydrogen) atoms. The predicted octanol–water partition coefficient (Wildman–Crippen LogP) is 10.6. The van der Waals surface area contributed by atoms with E-state index < -0.39 is 129 Å². The van der Waals surface area contributed by atoms with E-state index >= 15 is 0 Å². The zero-order valence-electron chi connectivity index (χ0n) is 78.3. The number of esters is 6. The number of unbranched alkanes of at least 4 members (excludes halogenated alkanes) is 2. The molecule has 7 N–H and O–H groups in total. The number of urea groups is 1. The first kappa shape index (κ1) is 105. The SMILES string of the molecule is Cc1ccc(COc2ccc(COC(=O)C(CCCCNC(=O)C(Cc3ccc4ccccc4c3)NC(=O)C3CCC(CNC(=O)C(CCCCNC(=O)OC(C)(C)C)NC(=O)CN4CCN(CC(=O)OC(C)(C)C)CCN(CC(=O)OC(C)(C)C)CCN(CC(=O)OC(C)(C)C)CC4)CC3)NC(=O)NC(CCC(=O)OC(C)(C)C)C(=O)OC(C)(C)C)cc2)cc1. The molecule has 4 aromatic carbocycles. The molecule has 700 valence electrons. The summed E-state index contributed by atoms with van der Waals surface area (Å²) >= 11 is 0. The minimum atomic E-state index is -1.31. The Morgan fingerprint density at radius 1 is 0.397 bits per heavy atom. The number of carbonyl (C=O) groups excluding carboxylic acids is 12. The Labute approximate surface area is 746 Å². The molecule has 31 heteroatoms. The van der Waals surface area contributed by atoms with Gasteiger partial charge >= 0.3 is 47.9 Å². The lowest BCUT2D eigenvalue weighted by Gasteiger charge is -2.34. The van der Waals surface area contributed by atoms with Crippen molar-refractivity contribution < 1.29 is 95.4 Å². The topological polar surface area (TPSA) is 376 Å². The van der Waals surface area contributed by atoms with Gasteiger partial charge in [-0.05, 0) is 248 Å². The lowest BCUT2D eigenvalue weighted by atomic mass is 9.81. The summed E-state index contributed by atoms with van der Waals surface area (Å²) in [6.07, 6.45) is 2.89. The van der Waals surface area contributed by atoms with Crippen LogP contribution in [0.15, 0.2) is 91.0 Å². The van der Waals surface area contributed by atoms with Gasteiger partial charge in [-0.25, -0.2) is 19.2 Å². The van der Waals surface area contributed by atoms with Crippen LogP contribution in [0, 0.1) is 18.8 Å². The maximum Gasteiger partial charge on any atom is 0.407 e. The Kier molecular flexibility index (Phi) is 41.5. The normalized spacial score (nSPS) is 16.7. The zero-order valence-corrected chi connectivity index (χ0v) is 78.3. The number of carbonyl (C=O) groups is 12. The Hall–Kier alpha value is -9.98. The lowest BCUT2D eigenvalue weighted by molar-refractivity contribution is -0.159. The van der Waals surface area contributed by atoms with Gasteiger partial charge in [-0.15, -0.1) is 0 Å². The molecule has 1 aliphatic heterocycles. The summed E-state index contributed by atoms with van der Waals surface area (Å²) in [5, 5.41) is 22.2. The van der Waals surface area contributed by atoms with Crippen molar-refractivity contribution in [2.75, 3.05) is 98.2 Å². The van der Waals surface area contributed by atoms with Gasteiger partial charge < -0.3 is 75.1 Å². The van der Waals surface area contributed by atoms with Gasteiger partial charge in [0.05, 0.1) is 26.2 Å². The van der Waals surface area contributed by atoms with Crippen LogP contribution in [-0.2, 0) is 101 Å². The minimum absolute atomic E-state index is 0.0325. The molecule has 4 atom stereocenters. The van der Waals surface area contributed by atoms with Crippen molar-refractivity contribution in [3.8, 4) is 5.75 Å². The third kappa shape index (κ3) is 44.0. The number of aryl methyl sites for hydroxylation is 1. The first-order valence-electron chi connectivity index (χ1n) is 44.5. The highest BCUT2D eigenvalue weighted by Gasteiger charge is 2.35. The van der Waals surface area contributed by atoms with E-state index in [1.807, 2.05) is 93.3 Å². The Morgan fingerprint density at radius 2 is 0.833 bits per heavy atom. The van der Waals surface area contributed by atoms with Crippen molar-refractivity contribution in [1.29, 1.82) is 0 Å². The molecule has 6 rings (SSSR count). The van der Waals surface area contributed by atoms with E-state index in [2.05, 4.69) is 37.2 Å². The highest BCUT2D eigenvalue weighted by atomic mass is 16.6. The molecule has 1 heterocycles.